The first-order valence-electron chi connectivity index (χ1n) is 6.81. The van der Waals surface area contributed by atoms with Crippen molar-refractivity contribution in [1.82, 2.24) is 0 Å². The molecule has 2 nitrogen and oxygen atoms in total. The molecule has 0 spiro atoms. The molecule has 92 valence electrons. The van der Waals surface area contributed by atoms with Crippen LogP contribution in [0.5, 0.6) is 5.75 Å². The van der Waals surface area contributed by atoms with Gasteiger partial charge in [0.2, 0.25) is 0 Å². The fourth-order valence-electron chi connectivity index (χ4n) is 3.30. The van der Waals surface area contributed by atoms with E-state index < -0.39 is 0 Å². The molecule has 3 rings (SSSR count). The molecule has 0 amide bonds. The van der Waals surface area contributed by atoms with Crippen LogP contribution in [0.4, 0.5) is 0 Å². The fraction of sp³-hybridized carbons (Fsp3) is 0.600. The zero-order valence-electron chi connectivity index (χ0n) is 10.3. The van der Waals surface area contributed by atoms with E-state index in [4.69, 9.17) is 10.5 Å². The summed E-state index contributed by atoms with van der Waals surface area (Å²) in [5.74, 6) is 1.87. The number of rotatable bonds is 2. The van der Waals surface area contributed by atoms with Crippen molar-refractivity contribution in [1.29, 1.82) is 0 Å². The standard InChI is InChI=1S/C15H21NO/c16-13-6-3-4-11(8-13)9-14-10-12-5-1-2-7-15(12)17-14/h1-2,5,7,11,13-14H,3-4,6,8-10,16H2. The van der Waals surface area contributed by atoms with Crippen molar-refractivity contribution in [2.45, 2.75) is 50.7 Å². The molecular formula is C15H21NO. The predicted molar refractivity (Wildman–Crippen MR) is 69.1 cm³/mol. The van der Waals surface area contributed by atoms with Gasteiger partial charge in [-0.05, 0) is 36.8 Å². The maximum Gasteiger partial charge on any atom is 0.123 e. The van der Waals surface area contributed by atoms with E-state index in [9.17, 15) is 0 Å². The Morgan fingerprint density at radius 3 is 2.94 bits per heavy atom. The van der Waals surface area contributed by atoms with Crippen LogP contribution < -0.4 is 10.5 Å². The SMILES string of the molecule is NC1CCCC(CC2Cc3ccccc3O2)C1. The Labute approximate surface area is 103 Å². The first-order chi connectivity index (χ1) is 8.31. The van der Waals surface area contributed by atoms with E-state index >= 15 is 0 Å². The summed E-state index contributed by atoms with van der Waals surface area (Å²) in [4.78, 5) is 0. The molecule has 0 aromatic heterocycles. The lowest BCUT2D eigenvalue weighted by Gasteiger charge is -2.28. The predicted octanol–water partition coefficient (Wildman–Crippen LogP) is 2.90. The molecule has 1 heterocycles. The van der Waals surface area contributed by atoms with Crippen LogP contribution in [0.25, 0.3) is 0 Å². The first-order valence-corrected chi connectivity index (χ1v) is 6.81. The second-order valence-electron chi connectivity index (χ2n) is 5.58. The number of para-hydroxylation sites is 1. The summed E-state index contributed by atoms with van der Waals surface area (Å²) in [6, 6.07) is 8.85. The Kier molecular flexibility index (Phi) is 3.06. The Hall–Kier alpha value is -1.02. The molecule has 1 aliphatic heterocycles. The Balaban J connectivity index is 1.58. The summed E-state index contributed by atoms with van der Waals surface area (Å²) in [5.41, 5.74) is 7.42. The van der Waals surface area contributed by atoms with Crippen LogP contribution in [0.15, 0.2) is 24.3 Å². The van der Waals surface area contributed by atoms with Crippen LogP contribution in [0.3, 0.4) is 0 Å². The minimum absolute atomic E-state index is 0.391. The van der Waals surface area contributed by atoms with Crippen LogP contribution in [-0.4, -0.2) is 12.1 Å². The fourth-order valence-corrected chi connectivity index (χ4v) is 3.30. The summed E-state index contributed by atoms with van der Waals surface area (Å²) >= 11 is 0. The lowest BCUT2D eigenvalue weighted by atomic mass is 9.82. The van der Waals surface area contributed by atoms with Crippen molar-refractivity contribution >= 4 is 0 Å². The molecule has 0 radical (unpaired) electrons. The highest BCUT2D eigenvalue weighted by atomic mass is 16.5. The number of benzene rings is 1. The topological polar surface area (TPSA) is 35.2 Å². The van der Waals surface area contributed by atoms with Gasteiger partial charge < -0.3 is 10.5 Å². The summed E-state index contributed by atoms with van der Waals surface area (Å²) in [6.07, 6.45) is 7.70. The number of fused-ring (bicyclic) bond motifs is 1. The summed E-state index contributed by atoms with van der Waals surface area (Å²) in [7, 11) is 0. The van der Waals surface area contributed by atoms with Gasteiger partial charge in [-0.1, -0.05) is 31.0 Å². The van der Waals surface area contributed by atoms with Crippen molar-refractivity contribution in [3.63, 3.8) is 0 Å². The van der Waals surface area contributed by atoms with E-state index in [2.05, 4.69) is 24.3 Å². The average molecular weight is 231 g/mol. The summed E-state index contributed by atoms with van der Waals surface area (Å²) in [5, 5.41) is 0. The Morgan fingerprint density at radius 2 is 2.12 bits per heavy atom. The highest BCUT2D eigenvalue weighted by molar-refractivity contribution is 5.37. The maximum atomic E-state index is 6.04. The Bertz CT molecular complexity index is 365. The van der Waals surface area contributed by atoms with Crippen LogP contribution in [0.1, 0.15) is 37.7 Å². The molecule has 1 aromatic rings. The number of nitrogens with two attached hydrogens (primary N) is 1. The minimum atomic E-state index is 0.391. The molecule has 0 bridgehead atoms. The monoisotopic (exact) mass is 231 g/mol. The van der Waals surface area contributed by atoms with Gasteiger partial charge >= 0.3 is 0 Å². The highest BCUT2D eigenvalue weighted by Crippen LogP contribution is 2.34. The van der Waals surface area contributed by atoms with Gasteiger partial charge in [0, 0.05) is 12.5 Å². The van der Waals surface area contributed by atoms with E-state index in [1.807, 2.05) is 0 Å². The molecule has 1 aromatic carbocycles. The van der Waals surface area contributed by atoms with Gasteiger partial charge in [0.05, 0.1) is 0 Å². The normalized spacial score (nSPS) is 31.9. The number of hydrogen-bond acceptors (Lipinski definition) is 2. The molecule has 0 saturated heterocycles. The lowest BCUT2D eigenvalue weighted by Crippen LogP contribution is -2.30. The van der Waals surface area contributed by atoms with Gasteiger partial charge in [0.1, 0.15) is 11.9 Å². The Morgan fingerprint density at radius 1 is 1.24 bits per heavy atom. The number of hydrogen-bond donors (Lipinski definition) is 1. The molecule has 17 heavy (non-hydrogen) atoms. The first kappa shape index (κ1) is 11.1. The van der Waals surface area contributed by atoms with Crippen LogP contribution in [0, 0.1) is 5.92 Å². The molecular weight excluding hydrogens is 210 g/mol. The molecule has 3 unspecified atom stereocenters. The smallest absolute Gasteiger partial charge is 0.123 e. The second kappa shape index (κ2) is 4.69. The largest absolute Gasteiger partial charge is 0.490 e. The number of ether oxygens (including phenoxy) is 1. The maximum absolute atomic E-state index is 6.04. The molecule has 1 saturated carbocycles. The van der Waals surface area contributed by atoms with E-state index in [1.165, 1.54) is 37.7 Å². The van der Waals surface area contributed by atoms with Gasteiger partial charge in [0.25, 0.3) is 0 Å². The second-order valence-corrected chi connectivity index (χ2v) is 5.58. The molecule has 2 heteroatoms. The van der Waals surface area contributed by atoms with Gasteiger partial charge in [-0.2, -0.15) is 0 Å². The quantitative estimate of drug-likeness (QED) is 0.849. The van der Waals surface area contributed by atoms with Crippen LogP contribution in [0.2, 0.25) is 0 Å². The third-order valence-electron chi connectivity index (χ3n) is 4.13. The van der Waals surface area contributed by atoms with E-state index in [1.54, 1.807) is 0 Å². The third kappa shape index (κ3) is 2.47. The minimum Gasteiger partial charge on any atom is -0.490 e. The van der Waals surface area contributed by atoms with Crippen LogP contribution in [-0.2, 0) is 6.42 Å². The van der Waals surface area contributed by atoms with Crippen molar-refractivity contribution in [2.24, 2.45) is 11.7 Å². The van der Waals surface area contributed by atoms with Gasteiger partial charge in [-0.3, -0.25) is 0 Å². The van der Waals surface area contributed by atoms with Gasteiger partial charge in [-0.15, -0.1) is 0 Å². The lowest BCUT2D eigenvalue weighted by molar-refractivity contribution is 0.170. The van der Waals surface area contributed by atoms with Crippen molar-refractivity contribution in [3.8, 4) is 5.75 Å². The van der Waals surface area contributed by atoms with Crippen molar-refractivity contribution in [3.05, 3.63) is 29.8 Å². The van der Waals surface area contributed by atoms with E-state index in [0.717, 1.165) is 18.1 Å². The molecule has 1 fully saturated rings. The van der Waals surface area contributed by atoms with Gasteiger partial charge in [0.15, 0.2) is 0 Å². The van der Waals surface area contributed by atoms with Crippen molar-refractivity contribution < 1.29 is 4.74 Å². The molecule has 2 N–H and O–H groups in total. The summed E-state index contributed by atoms with van der Waals surface area (Å²) in [6.45, 7) is 0. The molecule has 2 aliphatic rings. The highest BCUT2D eigenvalue weighted by Gasteiger charge is 2.27. The molecule has 3 atom stereocenters. The average Bonchev–Trinajstić information content (AvgIpc) is 2.71. The zero-order valence-corrected chi connectivity index (χ0v) is 10.3. The van der Waals surface area contributed by atoms with Gasteiger partial charge in [-0.25, -0.2) is 0 Å². The van der Waals surface area contributed by atoms with E-state index in [-0.39, 0.29) is 0 Å². The van der Waals surface area contributed by atoms with E-state index in [0.29, 0.717) is 12.1 Å². The van der Waals surface area contributed by atoms with Crippen molar-refractivity contribution in [2.75, 3.05) is 0 Å². The summed E-state index contributed by atoms with van der Waals surface area (Å²) < 4.78 is 6.00. The zero-order chi connectivity index (χ0) is 11.7. The molecule has 1 aliphatic carbocycles. The van der Waals surface area contributed by atoms with Crippen LogP contribution >= 0.6 is 0 Å². The third-order valence-corrected chi connectivity index (χ3v) is 4.13.